The summed E-state index contributed by atoms with van der Waals surface area (Å²) in [7, 11) is 0. The van der Waals surface area contributed by atoms with E-state index in [9.17, 15) is 14.7 Å². The van der Waals surface area contributed by atoms with Gasteiger partial charge in [-0.3, -0.25) is 14.5 Å². The Bertz CT molecular complexity index is 920. The first-order chi connectivity index (χ1) is 13.1. The number of carbonyl (C=O) groups excluding carboxylic acids is 2. The molecule has 0 saturated heterocycles. The van der Waals surface area contributed by atoms with Gasteiger partial charge in [-0.2, -0.15) is 0 Å². The molecule has 3 aromatic rings. The fourth-order valence-electron chi connectivity index (χ4n) is 2.76. The van der Waals surface area contributed by atoms with E-state index in [2.05, 4.69) is 5.32 Å². The summed E-state index contributed by atoms with van der Waals surface area (Å²) in [6.45, 7) is 1.62. The second-order valence-corrected chi connectivity index (χ2v) is 6.11. The van der Waals surface area contributed by atoms with E-state index in [1.165, 1.54) is 11.0 Å². The van der Waals surface area contributed by atoms with E-state index >= 15 is 0 Å². The standard InChI is InChI=1S/C22H20N2O3/c1-16-9-8-14-19(25)21(16)23-20(26)15-24(18-12-6-3-7-13-18)22(27)17-10-4-2-5-11-17/h2-14,25H,15H2,1H3,(H,23,26). The molecular formula is C22H20N2O3. The number of aromatic hydroxyl groups is 1. The van der Waals surface area contributed by atoms with Gasteiger partial charge >= 0.3 is 0 Å². The average Bonchev–Trinajstić information content (AvgIpc) is 2.70. The van der Waals surface area contributed by atoms with Crippen LogP contribution in [0.5, 0.6) is 5.75 Å². The Morgan fingerprint density at radius 1 is 0.889 bits per heavy atom. The zero-order valence-corrected chi connectivity index (χ0v) is 14.9. The predicted octanol–water partition coefficient (Wildman–Crippen LogP) is 3.99. The van der Waals surface area contributed by atoms with Gasteiger partial charge in [0.2, 0.25) is 5.91 Å². The van der Waals surface area contributed by atoms with E-state index in [4.69, 9.17) is 0 Å². The Balaban J connectivity index is 1.86. The highest BCUT2D eigenvalue weighted by atomic mass is 16.3. The van der Waals surface area contributed by atoms with Crippen LogP contribution in [0.25, 0.3) is 0 Å². The van der Waals surface area contributed by atoms with Crippen molar-refractivity contribution in [3.63, 3.8) is 0 Å². The molecule has 2 N–H and O–H groups in total. The maximum atomic E-state index is 13.0. The van der Waals surface area contributed by atoms with E-state index in [0.29, 0.717) is 16.9 Å². The highest BCUT2D eigenvalue weighted by molar-refractivity contribution is 6.10. The molecule has 0 unspecified atom stereocenters. The van der Waals surface area contributed by atoms with Crippen molar-refractivity contribution in [2.45, 2.75) is 6.92 Å². The topological polar surface area (TPSA) is 69.6 Å². The van der Waals surface area contributed by atoms with Gasteiger partial charge in [0.15, 0.2) is 0 Å². The Labute approximate surface area is 157 Å². The largest absolute Gasteiger partial charge is 0.506 e. The lowest BCUT2D eigenvalue weighted by molar-refractivity contribution is -0.114. The molecule has 0 aliphatic rings. The number of hydrogen-bond acceptors (Lipinski definition) is 3. The van der Waals surface area contributed by atoms with Gasteiger partial charge in [0, 0.05) is 11.3 Å². The highest BCUT2D eigenvalue weighted by Crippen LogP contribution is 2.26. The van der Waals surface area contributed by atoms with Crippen LogP contribution in [-0.2, 0) is 4.79 Å². The molecule has 0 heterocycles. The molecule has 2 amide bonds. The van der Waals surface area contributed by atoms with Gasteiger partial charge in [-0.25, -0.2) is 0 Å². The molecule has 0 saturated carbocycles. The number of benzene rings is 3. The zero-order valence-electron chi connectivity index (χ0n) is 14.9. The number of phenolic OH excluding ortho intramolecular Hbond substituents is 1. The lowest BCUT2D eigenvalue weighted by Crippen LogP contribution is -2.38. The normalized spacial score (nSPS) is 10.3. The van der Waals surface area contributed by atoms with Crippen LogP contribution in [0, 0.1) is 6.92 Å². The van der Waals surface area contributed by atoms with Crippen molar-refractivity contribution in [3.05, 3.63) is 90.0 Å². The van der Waals surface area contributed by atoms with Crippen LogP contribution in [0.15, 0.2) is 78.9 Å². The van der Waals surface area contributed by atoms with Gasteiger partial charge in [0.1, 0.15) is 12.3 Å². The monoisotopic (exact) mass is 360 g/mol. The number of para-hydroxylation sites is 2. The third-order valence-electron chi connectivity index (χ3n) is 4.15. The minimum Gasteiger partial charge on any atom is -0.506 e. The third-order valence-corrected chi connectivity index (χ3v) is 4.15. The molecule has 5 nitrogen and oxygen atoms in total. The van der Waals surface area contributed by atoms with Crippen molar-refractivity contribution in [1.29, 1.82) is 0 Å². The molecule has 5 heteroatoms. The average molecular weight is 360 g/mol. The summed E-state index contributed by atoms with van der Waals surface area (Å²) in [6.07, 6.45) is 0. The van der Waals surface area contributed by atoms with Crippen molar-refractivity contribution in [2.24, 2.45) is 0 Å². The summed E-state index contributed by atoms with van der Waals surface area (Å²) in [5, 5.41) is 12.7. The molecule has 0 bridgehead atoms. The van der Waals surface area contributed by atoms with Gasteiger partial charge in [-0.15, -0.1) is 0 Å². The zero-order chi connectivity index (χ0) is 19.2. The molecule has 0 aliphatic heterocycles. The van der Waals surface area contributed by atoms with E-state index in [-0.39, 0.29) is 18.2 Å². The number of anilines is 2. The third kappa shape index (κ3) is 4.33. The molecule has 27 heavy (non-hydrogen) atoms. The van der Waals surface area contributed by atoms with E-state index in [1.807, 2.05) is 24.3 Å². The maximum Gasteiger partial charge on any atom is 0.258 e. The van der Waals surface area contributed by atoms with E-state index < -0.39 is 5.91 Å². The Morgan fingerprint density at radius 3 is 2.15 bits per heavy atom. The van der Waals surface area contributed by atoms with Crippen molar-refractivity contribution < 1.29 is 14.7 Å². The summed E-state index contributed by atoms with van der Waals surface area (Å²) < 4.78 is 0. The molecule has 3 rings (SSSR count). The summed E-state index contributed by atoms with van der Waals surface area (Å²) in [4.78, 5) is 27.0. The van der Waals surface area contributed by atoms with Crippen LogP contribution in [-0.4, -0.2) is 23.5 Å². The van der Waals surface area contributed by atoms with E-state index in [0.717, 1.165) is 5.56 Å². The first-order valence-corrected chi connectivity index (χ1v) is 8.56. The molecule has 136 valence electrons. The van der Waals surface area contributed by atoms with Crippen LogP contribution in [0.3, 0.4) is 0 Å². The fourth-order valence-corrected chi connectivity index (χ4v) is 2.76. The molecule has 0 spiro atoms. The quantitative estimate of drug-likeness (QED) is 0.676. The SMILES string of the molecule is Cc1cccc(O)c1NC(=O)CN(C(=O)c1ccccc1)c1ccccc1. The molecule has 0 aliphatic carbocycles. The van der Waals surface area contributed by atoms with Crippen LogP contribution >= 0.6 is 0 Å². The van der Waals surface area contributed by atoms with Crippen LogP contribution in [0.4, 0.5) is 11.4 Å². The number of phenols is 1. The molecule has 0 fully saturated rings. The number of rotatable bonds is 5. The van der Waals surface area contributed by atoms with Crippen molar-refractivity contribution in [3.8, 4) is 5.75 Å². The molecular weight excluding hydrogens is 340 g/mol. The van der Waals surface area contributed by atoms with Crippen molar-refractivity contribution >= 4 is 23.2 Å². The Morgan fingerprint density at radius 2 is 1.52 bits per heavy atom. The highest BCUT2D eigenvalue weighted by Gasteiger charge is 2.21. The van der Waals surface area contributed by atoms with Gasteiger partial charge in [0.25, 0.3) is 5.91 Å². The Kier molecular flexibility index (Phi) is 5.52. The second kappa shape index (κ2) is 8.19. The predicted molar refractivity (Wildman–Crippen MR) is 106 cm³/mol. The minimum absolute atomic E-state index is 0.0102. The maximum absolute atomic E-state index is 13.0. The van der Waals surface area contributed by atoms with Gasteiger partial charge in [-0.1, -0.05) is 48.5 Å². The number of nitrogens with zero attached hydrogens (tertiary/aromatic N) is 1. The van der Waals surface area contributed by atoms with Crippen LogP contribution in [0.2, 0.25) is 0 Å². The summed E-state index contributed by atoms with van der Waals surface area (Å²) in [6, 6.07) is 22.8. The lowest BCUT2D eigenvalue weighted by atomic mass is 10.1. The van der Waals surface area contributed by atoms with Gasteiger partial charge in [-0.05, 0) is 42.8 Å². The molecule has 0 radical (unpaired) electrons. The minimum atomic E-state index is -0.396. The summed E-state index contributed by atoms with van der Waals surface area (Å²) >= 11 is 0. The van der Waals surface area contributed by atoms with Gasteiger partial charge < -0.3 is 10.4 Å². The molecule has 0 atom stereocenters. The van der Waals surface area contributed by atoms with Crippen LogP contribution in [0.1, 0.15) is 15.9 Å². The first-order valence-electron chi connectivity index (χ1n) is 8.56. The van der Waals surface area contributed by atoms with E-state index in [1.54, 1.807) is 55.5 Å². The lowest BCUT2D eigenvalue weighted by Gasteiger charge is -2.23. The number of hydrogen-bond donors (Lipinski definition) is 2. The van der Waals surface area contributed by atoms with Crippen LogP contribution < -0.4 is 10.2 Å². The molecule has 3 aromatic carbocycles. The first kappa shape index (κ1) is 18.2. The number of aryl methyl sites for hydroxylation is 1. The van der Waals surface area contributed by atoms with Crippen molar-refractivity contribution in [1.82, 2.24) is 0 Å². The summed E-state index contributed by atoms with van der Waals surface area (Å²) in [5.41, 5.74) is 2.20. The smallest absolute Gasteiger partial charge is 0.258 e. The number of carbonyl (C=O) groups is 2. The molecule has 0 aromatic heterocycles. The van der Waals surface area contributed by atoms with Crippen molar-refractivity contribution in [2.75, 3.05) is 16.8 Å². The Hall–Kier alpha value is -3.60. The second-order valence-electron chi connectivity index (χ2n) is 6.11. The summed E-state index contributed by atoms with van der Waals surface area (Å²) in [5.74, 6) is -0.678. The fraction of sp³-hybridized carbons (Fsp3) is 0.0909. The number of amides is 2. The van der Waals surface area contributed by atoms with Gasteiger partial charge in [0.05, 0.1) is 5.69 Å². The number of nitrogens with one attached hydrogen (secondary N) is 1.